The third-order valence-corrected chi connectivity index (χ3v) is 4.07. The molecule has 1 aromatic carbocycles. The molecule has 1 aliphatic rings. The summed E-state index contributed by atoms with van der Waals surface area (Å²) >= 11 is 3.40. The molecule has 0 aliphatic carbocycles. The van der Waals surface area contributed by atoms with Crippen molar-refractivity contribution in [3.8, 4) is 0 Å². The van der Waals surface area contributed by atoms with E-state index in [0.29, 0.717) is 6.04 Å². The Labute approximate surface area is 117 Å². The van der Waals surface area contributed by atoms with Gasteiger partial charge in [-0.3, -0.25) is 4.79 Å². The van der Waals surface area contributed by atoms with Crippen molar-refractivity contribution in [2.24, 2.45) is 0 Å². The number of carbonyl (C=O) groups excluding carboxylic acids is 1. The number of halogens is 1. The first-order chi connectivity index (χ1) is 8.69. The van der Waals surface area contributed by atoms with E-state index in [2.05, 4.69) is 33.2 Å². The van der Waals surface area contributed by atoms with Crippen molar-refractivity contribution < 1.29 is 4.79 Å². The van der Waals surface area contributed by atoms with Gasteiger partial charge in [-0.05, 0) is 50.7 Å². The van der Waals surface area contributed by atoms with Crippen molar-refractivity contribution in [3.63, 3.8) is 0 Å². The fraction of sp³-hybridized carbons (Fsp3) is 0.500. The third-order valence-electron chi connectivity index (χ3n) is 3.42. The molecule has 2 rings (SSSR count). The summed E-state index contributed by atoms with van der Waals surface area (Å²) in [6.45, 7) is 2.13. The molecule has 1 heterocycles. The molecule has 0 bridgehead atoms. The fourth-order valence-corrected chi connectivity index (χ4v) is 2.54. The average Bonchev–Trinajstić information content (AvgIpc) is 2.41. The normalized spacial score (nSPS) is 17.7. The van der Waals surface area contributed by atoms with E-state index in [4.69, 9.17) is 0 Å². The van der Waals surface area contributed by atoms with Crippen LogP contribution in [0, 0.1) is 0 Å². The van der Waals surface area contributed by atoms with E-state index in [0.717, 1.165) is 36.8 Å². The molecule has 1 saturated heterocycles. The maximum Gasteiger partial charge on any atom is 0.251 e. The molecule has 0 radical (unpaired) electrons. The van der Waals surface area contributed by atoms with Crippen LogP contribution in [0.1, 0.15) is 28.8 Å². The van der Waals surface area contributed by atoms with Crippen molar-refractivity contribution in [1.82, 2.24) is 10.2 Å². The van der Waals surface area contributed by atoms with Crippen LogP contribution in [0.5, 0.6) is 0 Å². The smallest absolute Gasteiger partial charge is 0.251 e. The Morgan fingerprint density at radius 3 is 2.50 bits per heavy atom. The minimum atomic E-state index is 0.0469. The van der Waals surface area contributed by atoms with Gasteiger partial charge in [0.15, 0.2) is 0 Å². The van der Waals surface area contributed by atoms with Crippen LogP contribution in [-0.2, 0) is 5.33 Å². The first-order valence-corrected chi connectivity index (χ1v) is 7.45. The summed E-state index contributed by atoms with van der Waals surface area (Å²) in [7, 11) is 2.12. The van der Waals surface area contributed by atoms with Gasteiger partial charge in [0, 0.05) is 16.9 Å². The van der Waals surface area contributed by atoms with Gasteiger partial charge in [-0.25, -0.2) is 0 Å². The molecule has 3 nitrogen and oxygen atoms in total. The minimum Gasteiger partial charge on any atom is -0.349 e. The summed E-state index contributed by atoms with van der Waals surface area (Å²) < 4.78 is 0. The lowest BCUT2D eigenvalue weighted by atomic mass is 10.0. The molecule has 0 aromatic heterocycles. The lowest BCUT2D eigenvalue weighted by Crippen LogP contribution is -2.43. The summed E-state index contributed by atoms with van der Waals surface area (Å²) in [4.78, 5) is 14.4. The fourth-order valence-electron chi connectivity index (χ4n) is 2.17. The standard InChI is InChI=1S/C14H19BrN2O/c1-17-8-6-13(7-9-17)16-14(18)12-4-2-11(10-15)3-5-12/h2-5,13H,6-10H2,1H3,(H,16,18). The van der Waals surface area contributed by atoms with Crippen LogP contribution in [-0.4, -0.2) is 37.0 Å². The molecular weight excluding hydrogens is 292 g/mol. The number of benzene rings is 1. The van der Waals surface area contributed by atoms with E-state index >= 15 is 0 Å². The molecule has 1 aromatic rings. The summed E-state index contributed by atoms with van der Waals surface area (Å²) in [5, 5.41) is 3.94. The number of likely N-dealkylation sites (tertiary alicyclic amines) is 1. The van der Waals surface area contributed by atoms with Gasteiger partial charge in [-0.15, -0.1) is 0 Å². The van der Waals surface area contributed by atoms with Gasteiger partial charge in [-0.1, -0.05) is 28.1 Å². The maximum atomic E-state index is 12.1. The zero-order chi connectivity index (χ0) is 13.0. The topological polar surface area (TPSA) is 32.3 Å². The lowest BCUT2D eigenvalue weighted by molar-refractivity contribution is 0.0917. The number of carbonyl (C=O) groups is 1. The molecular formula is C14H19BrN2O. The second kappa shape index (κ2) is 6.34. The van der Waals surface area contributed by atoms with Crippen LogP contribution in [0.2, 0.25) is 0 Å². The second-order valence-corrected chi connectivity index (χ2v) is 5.44. The van der Waals surface area contributed by atoms with Crippen LogP contribution in [0.15, 0.2) is 24.3 Å². The zero-order valence-corrected chi connectivity index (χ0v) is 12.2. The Bertz CT molecular complexity index is 397. The Kier molecular flexibility index (Phi) is 4.78. The maximum absolute atomic E-state index is 12.1. The number of nitrogens with zero attached hydrogens (tertiary/aromatic N) is 1. The van der Waals surface area contributed by atoms with E-state index in [-0.39, 0.29) is 5.91 Å². The van der Waals surface area contributed by atoms with Crippen molar-refractivity contribution in [3.05, 3.63) is 35.4 Å². The van der Waals surface area contributed by atoms with Gasteiger partial charge in [0.05, 0.1) is 0 Å². The van der Waals surface area contributed by atoms with E-state index in [1.54, 1.807) is 0 Å². The molecule has 98 valence electrons. The first-order valence-electron chi connectivity index (χ1n) is 6.33. The Morgan fingerprint density at radius 2 is 1.94 bits per heavy atom. The molecule has 0 spiro atoms. The second-order valence-electron chi connectivity index (χ2n) is 4.88. The molecule has 0 saturated carbocycles. The predicted octanol–water partition coefficient (Wildman–Crippen LogP) is 2.41. The average molecular weight is 311 g/mol. The van der Waals surface area contributed by atoms with Crippen molar-refractivity contribution in [1.29, 1.82) is 0 Å². The number of hydrogen-bond acceptors (Lipinski definition) is 2. The SMILES string of the molecule is CN1CCC(NC(=O)c2ccc(CBr)cc2)CC1. The van der Waals surface area contributed by atoms with Crippen LogP contribution >= 0.6 is 15.9 Å². The van der Waals surface area contributed by atoms with Gasteiger partial charge in [0.25, 0.3) is 5.91 Å². The van der Waals surface area contributed by atoms with Crippen molar-refractivity contribution >= 4 is 21.8 Å². The lowest BCUT2D eigenvalue weighted by Gasteiger charge is -2.29. The molecule has 1 N–H and O–H groups in total. The largest absolute Gasteiger partial charge is 0.349 e. The molecule has 1 amide bonds. The Morgan fingerprint density at radius 1 is 1.33 bits per heavy atom. The molecule has 18 heavy (non-hydrogen) atoms. The van der Waals surface area contributed by atoms with Crippen LogP contribution < -0.4 is 5.32 Å². The monoisotopic (exact) mass is 310 g/mol. The van der Waals surface area contributed by atoms with Gasteiger partial charge >= 0.3 is 0 Å². The van der Waals surface area contributed by atoms with E-state index < -0.39 is 0 Å². The number of piperidine rings is 1. The van der Waals surface area contributed by atoms with Gasteiger partial charge < -0.3 is 10.2 Å². The van der Waals surface area contributed by atoms with Gasteiger partial charge in [0.1, 0.15) is 0 Å². The Balaban J connectivity index is 1.90. The highest BCUT2D eigenvalue weighted by Crippen LogP contribution is 2.11. The highest BCUT2D eigenvalue weighted by atomic mass is 79.9. The molecule has 4 heteroatoms. The van der Waals surface area contributed by atoms with Crippen molar-refractivity contribution in [2.75, 3.05) is 20.1 Å². The number of amides is 1. The third kappa shape index (κ3) is 3.56. The van der Waals surface area contributed by atoms with Gasteiger partial charge in [0.2, 0.25) is 0 Å². The summed E-state index contributed by atoms with van der Waals surface area (Å²) in [5.41, 5.74) is 1.93. The minimum absolute atomic E-state index is 0.0469. The van der Waals surface area contributed by atoms with Crippen LogP contribution in [0.25, 0.3) is 0 Å². The summed E-state index contributed by atoms with van der Waals surface area (Å²) in [6.07, 6.45) is 2.09. The number of nitrogens with one attached hydrogen (secondary N) is 1. The van der Waals surface area contributed by atoms with Gasteiger partial charge in [-0.2, -0.15) is 0 Å². The quantitative estimate of drug-likeness (QED) is 0.870. The van der Waals surface area contributed by atoms with E-state index in [9.17, 15) is 4.79 Å². The number of rotatable bonds is 3. The molecule has 1 aliphatic heterocycles. The van der Waals surface area contributed by atoms with E-state index in [1.807, 2.05) is 24.3 Å². The number of hydrogen-bond donors (Lipinski definition) is 1. The van der Waals surface area contributed by atoms with E-state index in [1.165, 1.54) is 5.56 Å². The predicted molar refractivity (Wildman–Crippen MR) is 77.1 cm³/mol. The zero-order valence-electron chi connectivity index (χ0n) is 10.7. The van der Waals surface area contributed by atoms with Crippen molar-refractivity contribution in [2.45, 2.75) is 24.2 Å². The number of alkyl halides is 1. The first kappa shape index (κ1) is 13.6. The van der Waals surface area contributed by atoms with Crippen LogP contribution in [0.4, 0.5) is 0 Å². The highest BCUT2D eigenvalue weighted by molar-refractivity contribution is 9.08. The summed E-state index contributed by atoms with van der Waals surface area (Å²) in [6, 6.07) is 8.07. The summed E-state index contributed by atoms with van der Waals surface area (Å²) in [5.74, 6) is 0.0469. The molecule has 1 fully saturated rings. The Hall–Kier alpha value is -0.870. The molecule has 0 unspecified atom stereocenters. The highest BCUT2D eigenvalue weighted by Gasteiger charge is 2.18. The van der Waals surface area contributed by atoms with Crippen LogP contribution in [0.3, 0.4) is 0 Å². The molecule has 0 atom stereocenters.